The maximum atomic E-state index is 12.2. The number of aromatic hydroxyl groups is 1. The van der Waals surface area contributed by atoms with Crippen LogP contribution in [0.15, 0.2) is 46.1 Å². The zero-order chi connectivity index (χ0) is 18.0. The first-order valence-corrected chi connectivity index (χ1v) is 8.88. The number of rotatable bonds is 5. The SMILES string of the molecule is CSc1cccc(-n2nnn(C)c2=O)c1COc1ccc(O)cc1Cl. The maximum Gasteiger partial charge on any atom is 0.368 e. The van der Waals surface area contributed by atoms with Gasteiger partial charge in [0.25, 0.3) is 0 Å². The number of phenolic OH excluding ortho intramolecular Hbond substituents is 1. The van der Waals surface area contributed by atoms with Crippen molar-refractivity contribution in [1.82, 2.24) is 19.8 Å². The molecule has 0 bridgehead atoms. The van der Waals surface area contributed by atoms with E-state index in [1.54, 1.807) is 12.1 Å². The molecule has 0 saturated carbocycles. The van der Waals surface area contributed by atoms with E-state index in [1.807, 2.05) is 18.4 Å². The standard InChI is InChI=1S/C16H15ClN4O3S/c1-20-16(23)21(19-18-20)13-4-3-5-15(25-2)11(13)9-24-14-7-6-10(22)8-12(14)17/h3-8,22H,9H2,1-2H3. The molecule has 0 aliphatic rings. The molecule has 1 heterocycles. The van der Waals surface area contributed by atoms with Crippen molar-refractivity contribution >= 4 is 23.4 Å². The van der Waals surface area contributed by atoms with Gasteiger partial charge in [0.15, 0.2) is 0 Å². The van der Waals surface area contributed by atoms with Crippen LogP contribution in [0.1, 0.15) is 5.56 Å². The summed E-state index contributed by atoms with van der Waals surface area (Å²) in [5.74, 6) is 0.501. The molecule has 0 spiro atoms. The number of thioether (sulfide) groups is 1. The van der Waals surface area contributed by atoms with Gasteiger partial charge in [-0.3, -0.25) is 0 Å². The summed E-state index contributed by atoms with van der Waals surface area (Å²) in [5, 5.41) is 17.4. The Bertz CT molecular complexity index is 970. The smallest absolute Gasteiger partial charge is 0.368 e. The van der Waals surface area contributed by atoms with Gasteiger partial charge in [-0.1, -0.05) is 17.7 Å². The number of benzene rings is 2. The van der Waals surface area contributed by atoms with Gasteiger partial charge in [-0.15, -0.1) is 11.8 Å². The summed E-state index contributed by atoms with van der Waals surface area (Å²) in [4.78, 5) is 13.1. The van der Waals surface area contributed by atoms with Gasteiger partial charge in [0.05, 0.1) is 10.7 Å². The topological polar surface area (TPSA) is 82.2 Å². The predicted molar refractivity (Wildman–Crippen MR) is 95.8 cm³/mol. The summed E-state index contributed by atoms with van der Waals surface area (Å²) in [5.41, 5.74) is 1.05. The number of hydrogen-bond donors (Lipinski definition) is 1. The first kappa shape index (κ1) is 17.4. The summed E-state index contributed by atoms with van der Waals surface area (Å²) >= 11 is 7.62. The van der Waals surface area contributed by atoms with Crippen LogP contribution in [0, 0.1) is 0 Å². The zero-order valence-electron chi connectivity index (χ0n) is 13.5. The molecule has 9 heteroatoms. The van der Waals surface area contributed by atoms with E-state index in [9.17, 15) is 9.90 Å². The minimum Gasteiger partial charge on any atom is -0.508 e. The normalized spacial score (nSPS) is 10.8. The van der Waals surface area contributed by atoms with Crippen LogP contribution >= 0.6 is 23.4 Å². The highest BCUT2D eigenvalue weighted by Gasteiger charge is 2.15. The van der Waals surface area contributed by atoms with Crippen molar-refractivity contribution in [3.8, 4) is 17.2 Å². The van der Waals surface area contributed by atoms with Gasteiger partial charge < -0.3 is 9.84 Å². The monoisotopic (exact) mass is 378 g/mol. The van der Waals surface area contributed by atoms with Crippen molar-refractivity contribution < 1.29 is 9.84 Å². The highest BCUT2D eigenvalue weighted by atomic mass is 35.5. The number of halogens is 1. The average Bonchev–Trinajstić information content (AvgIpc) is 2.93. The molecule has 0 radical (unpaired) electrons. The van der Waals surface area contributed by atoms with Gasteiger partial charge in [-0.2, -0.15) is 9.36 Å². The van der Waals surface area contributed by atoms with Crippen LogP contribution in [0.5, 0.6) is 11.5 Å². The first-order valence-electron chi connectivity index (χ1n) is 7.28. The Labute approximate surface area is 152 Å². The molecule has 0 saturated heterocycles. The van der Waals surface area contributed by atoms with Crippen LogP contribution in [0.4, 0.5) is 0 Å². The summed E-state index contributed by atoms with van der Waals surface area (Å²) in [6.07, 6.45) is 1.94. The number of phenols is 1. The minimum atomic E-state index is -0.345. The lowest BCUT2D eigenvalue weighted by molar-refractivity contribution is 0.302. The van der Waals surface area contributed by atoms with Crippen molar-refractivity contribution in [3.63, 3.8) is 0 Å². The molecule has 0 aliphatic carbocycles. The predicted octanol–water partition coefficient (Wildman–Crippen LogP) is 2.63. The second-order valence-electron chi connectivity index (χ2n) is 5.16. The molecule has 0 fully saturated rings. The Morgan fingerprint density at radius 2 is 2.08 bits per heavy atom. The Balaban J connectivity index is 1.99. The van der Waals surface area contributed by atoms with Crippen molar-refractivity contribution in [2.75, 3.05) is 6.26 Å². The average molecular weight is 379 g/mol. The van der Waals surface area contributed by atoms with E-state index in [0.717, 1.165) is 15.1 Å². The van der Waals surface area contributed by atoms with E-state index >= 15 is 0 Å². The molecule has 3 aromatic rings. The third-order valence-electron chi connectivity index (χ3n) is 3.57. The molecule has 7 nitrogen and oxygen atoms in total. The number of tetrazole rings is 1. The summed E-state index contributed by atoms with van der Waals surface area (Å²) in [6.45, 7) is 0.180. The Hall–Kier alpha value is -2.45. The Kier molecular flexibility index (Phi) is 5.00. The van der Waals surface area contributed by atoms with Gasteiger partial charge in [-0.25, -0.2) is 4.79 Å². The molecule has 0 atom stereocenters. The van der Waals surface area contributed by atoms with Crippen LogP contribution in [0.25, 0.3) is 5.69 Å². The number of nitrogens with zero attached hydrogens (tertiary/aromatic N) is 4. The van der Waals surface area contributed by atoms with Crippen molar-refractivity contribution in [2.24, 2.45) is 7.05 Å². The second-order valence-corrected chi connectivity index (χ2v) is 6.41. The molecular weight excluding hydrogens is 364 g/mol. The molecular formula is C16H15ClN4O3S. The van der Waals surface area contributed by atoms with Gasteiger partial charge in [0, 0.05) is 23.6 Å². The largest absolute Gasteiger partial charge is 0.508 e. The molecule has 0 amide bonds. The van der Waals surface area contributed by atoms with Crippen LogP contribution in [0.2, 0.25) is 5.02 Å². The van der Waals surface area contributed by atoms with Gasteiger partial charge in [-0.05, 0) is 40.9 Å². The van der Waals surface area contributed by atoms with E-state index in [0.29, 0.717) is 16.5 Å². The molecule has 1 aromatic heterocycles. The molecule has 0 aliphatic heterocycles. The fourth-order valence-corrected chi connectivity index (χ4v) is 3.16. The van der Waals surface area contributed by atoms with Crippen LogP contribution in [-0.4, -0.2) is 31.2 Å². The maximum absolute atomic E-state index is 12.2. The van der Waals surface area contributed by atoms with Crippen LogP contribution in [-0.2, 0) is 13.7 Å². The Morgan fingerprint density at radius 1 is 1.28 bits per heavy atom. The Morgan fingerprint density at radius 3 is 2.72 bits per heavy atom. The minimum absolute atomic E-state index is 0.0636. The van der Waals surface area contributed by atoms with E-state index < -0.39 is 0 Å². The number of ether oxygens (including phenoxy) is 1. The quantitative estimate of drug-likeness (QED) is 0.687. The van der Waals surface area contributed by atoms with Gasteiger partial charge >= 0.3 is 5.69 Å². The van der Waals surface area contributed by atoms with E-state index in [1.165, 1.54) is 35.6 Å². The van der Waals surface area contributed by atoms with Crippen LogP contribution < -0.4 is 10.4 Å². The molecule has 130 valence electrons. The van der Waals surface area contributed by atoms with Gasteiger partial charge in [0.1, 0.15) is 18.1 Å². The lowest BCUT2D eigenvalue weighted by Gasteiger charge is -2.14. The van der Waals surface area contributed by atoms with E-state index in [4.69, 9.17) is 16.3 Å². The number of aryl methyl sites for hydroxylation is 1. The van der Waals surface area contributed by atoms with E-state index in [-0.39, 0.29) is 18.0 Å². The van der Waals surface area contributed by atoms with Crippen molar-refractivity contribution in [2.45, 2.75) is 11.5 Å². The zero-order valence-corrected chi connectivity index (χ0v) is 15.1. The van der Waals surface area contributed by atoms with Crippen LogP contribution in [0.3, 0.4) is 0 Å². The summed E-state index contributed by atoms with van der Waals surface area (Å²) < 4.78 is 8.20. The molecule has 0 unspecified atom stereocenters. The fourth-order valence-electron chi connectivity index (χ4n) is 2.31. The molecule has 3 rings (SSSR count). The first-order chi connectivity index (χ1) is 12.0. The summed E-state index contributed by atoms with van der Waals surface area (Å²) in [7, 11) is 1.54. The third-order valence-corrected chi connectivity index (χ3v) is 4.68. The number of aromatic nitrogens is 4. The van der Waals surface area contributed by atoms with Gasteiger partial charge in [0.2, 0.25) is 0 Å². The molecule has 1 N–H and O–H groups in total. The second kappa shape index (κ2) is 7.20. The lowest BCUT2D eigenvalue weighted by atomic mass is 10.2. The molecule has 25 heavy (non-hydrogen) atoms. The highest BCUT2D eigenvalue weighted by molar-refractivity contribution is 7.98. The summed E-state index contributed by atoms with van der Waals surface area (Å²) in [6, 6.07) is 10.1. The fraction of sp³-hybridized carbons (Fsp3) is 0.188. The highest BCUT2D eigenvalue weighted by Crippen LogP contribution is 2.31. The third kappa shape index (κ3) is 3.49. The molecule has 2 aromatic carbocycles. The van der Waals surface area contributed by atoms with Crippen molar-refractivity contribution in [1.29, 1.82) is 0 Å². The van der Waals surface area contributed by atoms with Crippen molar-refractivity contribution in [3.05, 3.63) is 57.5 Å². The lowest BCUT2D eigenvalue weighted by Crippen LogP contribution is -2.23. The number of hydrogen-bond acceptors (Lipinski definition) is 6. The van der Waals surface area contributed by atoms with E-state index in [2.05, 4.69) is 10.4 Å².